The fourth-order valence-corrected chi connectivity index (χ4v) is 3.52. The molecule has 1 heterocycles. The predicted molar refractivity (Wildman–Crippen MR) is 95.2 cm³/mol. The van der Waals surface area contributed by atoms with Gasteiger partial charge in [0.1, 0.15) is 5.82 Å². The highest BCUT2D eigenvalue weighted by Gasteiger charge is 2.28. The van der Waals surface area contributed by atoms with Crippen molar-refractivity contribution in [1.29, 1.82) is 0 Å². The summed E-state index contributed by atoms with van der Waals surface area (Å²) in [6, 6.07) is 7.06. The Morgan fingerprint density at radius 3 is 2.46 bits per heavy atom. The number of nitrogens with one attached hydrogen (secondary N) is 1. The summed E-state index contributed by atoms with van der Waals surface area (Å²) in [5.41, 5.74) is 0.743. The molecule has 1 aromatic rings. The lowest BCUT2D eigenvalue weighted by molar-refractivity contribution is -0.128. The number of hydrogen-bond acceptors (Lipinski definition) is 3. The van der Waals surface area contributed by atoms with E-state index in [1.807, 2.05) is 31.1 Å². The van der Waals surface area contributed by atoms with Gasteiger partial charge in [-0.05, 0) is 38.9 Å². The van der Waals surface area contributed by atoms with Crippen LogP contribution in [0.2, 0.25) is 0 Å². The maximum Gasteiger partial charge on any atom is 0.237 e. The lowest BCUT2D eigenvalue weighted by Gasteiger charge is -2.34. The molecule has 0 aromatic heterocycles. The van der Waals surface area contributed by atoms with Crippen molar-refractivity contribution in [3.63, 3.8) is 0 Å². The Morgan fingerprint density at radius 1 is 1.29 bits per heavy atom. The van der Waals surface area contributed by atoms with Gasteiger partial charge in [0.05, 0.1) is 6.04 Å². The van der Waals surface area contributed by atoms with Gasteiger partial charge in [0.15, 0.2) is 0 Å². The van der Waals surface area contributed by atoms with E-state index in [0.717, 1.165) is 31.5 Å². The summed E-state index contributed by atoms with van der Waals surface area (Å²) in [4.78, 5) is 16.7. The fourth-order valence-electron chi connectivity index (χ4n) is 3.52. The van der Waals surface area contributed by atoms with Gasteiger partial charge in [-0.1, -0.05) is 32.0 Å². The number of rotatable bonds is 6. The van der Waals surface area contributed by atoms with E-state index in [9.17, 15) is 9.18 Å². The Labute approximate surface area is 145 Å². The van der Waals surface area contributed by atoms with Crippen LogP contribution in [0.4, 0.5) is 4.39 Å². The first-order valence-corrected chi connectivity index (χ1v) is 8.81. The van der Waals surface area contributed by atoms with Gasteiger partial charge in [0, 0.05) is 31.2 Å². The van der Waals surface area contributed by atoms with Gasteiger partial charge in [0.25, 0.3) is 0 Å². The standard InChI is InChI=1S/C19H30FN3O/c1-14(2)18(22(3)4)19(24)21-16-9-11-23(12-10-16)13-15-7-5-6-8-17(15)20/h5-8,14,16,18H,9-13H2,1-4H3,(H,21,24). The van der Waals surface area contributed by atoms with Gasteiger partial charge in [0.2, 0.25) is 5.91 Å². The van der Waals surface area contributed by atoms with Crippen LogP contribution in [0.25, 0.3) is 0 Å². The highest BCUT2D eigenvalue weighted by molar-refractivity contribution is 5.82. The summed E-state index contributed by atoms with van der Waals surface area (Å²) in [7, 11) is 3.89. The number of benzene rings is 1. The van der Waals surface area contributed by atoms with E-state index in [1.54, 1.807) is 6.07 Å². The van der Waals surface area contributed by atoms with E-state index in [4.69, 9.17) is 0 Å². The average Bonchev–Trinajstić information content (AvgIpc) is 2.50. The van der Waals surface area contributed by atoms with E-state index < -0.39 is 0 Å². The van der Waals surface area contributed by atoms with Crippen molar-refractivity contribution in [2.45, 2.75) is 45.3 Å². The molecular formula is C19H30FN3O. The molecule has 1 aromatic carbocycles. The summed E-state index contributed by atoms with van der Waals surface area (Å²) in [6.45, 7) is 6.54. The zero-order chi connectivity index (χ0) is 17.7. The molecule has 0 aliphatic carbocycles. The molecule has 1 atom stereocenters. The first kappa shape index (κ1) is 18.9. The Morgan fingerprint density at radius 2 is 1.92 bits per heavy atom. The van der Waals surface area contributed by atoms with E-state index in [2.05, 4.69) is 24.1 Å². The lowest BCUT2D eigenvalue weighted by Crippen LogP contribution is -2.52. The highest BCUT2D eigenvalue weighted by atomic mass is 19.1. The number of nitrogens with zero attached hydrogens (tertiary/aromatic N) is 2. The van der Waals surface area contributed by atoms with Crippen LogP contribution in [0.5, 0.6) is 0 Å². The summed E-state index contributed by atoms with van der Waals surface area (Å²) < 4.78 is 13.7. The van der Waals surface area contributed by atoms with Gasteiger partial charge in [-0.25, -0.2) is 4.39 Å². The SMILES string of the molecule is CC(C)C(C(=O)NC1CCN(Cc2ccccc2F)CC1)N(C)C. The van der Waals surface area contributed by atoms with Crippen LogP contribution >= 0.6 is 0 Å². The zero-order valence-corrected chi connectivity index (χ0v) is 15.3. The minimum atomic E-state index is -0.140. The summed E-state index contributed by atoms with van der Waals surface area (Å²) in [5, 5.41) is 3.20. The van der Waals surface area contributed by atoms with Gasteiger partial charge in [-0.15, -0.1) is 0 Å². The molecule has 1 unspecified atom stereocenters. The second-order valence-electron chi connectivity index (χ2n) is 7.30. The molecule has 1 fully saturated rings. The third-order valence-corrected chi connectivity index (χ3v) is 4.74. The molecular weight excluding hydrogens is 305 g/mol. The zero-order valence-electron chi connectivity index (χ0n) is 15.3. The number of likely N-dealkylation sites (tertiary alicyclic amines) is 1. The quantitative estimate of drug-likeness (QED) is 0.868. The van der Waals surface area contributed by atoms with E-state index in [0.29, 0.717) is 6.54 Å². The van der Waals surface area contributed by atoms with Crippen LogP contribution in [0.15, 0.2) is 24.3 Å². The normalized spacial score (nSPS) is 18.1. The molecule has 134 valence electrons. The molecule has 1 saturated heterocycles. The van der Waals surface area contributed by atoms with Crippen LogP contribution < -0.4 is 5.32 Å². The molecule has 2 rings (SSSR count). The lowest BCUT2D eigenvalue weighted by atomic mass is 9.99. The second-order valence-corrected chi connectivity index (χ2v) is 7.30. The molecule has 0 spiro atoms. The largest absolute Gasteiger partial charge is 0.352 e. The second kappa shape index (κ2) is 8.58. The Hall–Kier alpha value is -1.46. The molecule has 0 radical (unpaired) electrons. The minimum Gasteiger partial charge on any atom is -0.352 e. The van der Waals surface area contributed by atoms with Crippen LogP contribution in [-0.2, 0) is 11.3 Å². The van der Waals surface area contributed by atoms with Gasteiger partial charge in [-0.3, -0.25) is 14.6 Å². The van der Waals surface area contributed by atoms with Crippen molar-refractivity contribution in [3.8, 4) is 0 Å². The van der Waals surface area contributed by atoms with Crippen LogP contribution in [0.3, 0.4) is 0 Å². The summed E-state index contributed by atoms with van der Waals surface area (Å²) >= 11 is 0. The molecule has 4 nitrogen and oxygen atoms in total. The summed E-state index contributed by atoms with van der Waals surface area (Å²) in [6.07, 6.45) is 1.83. The topological polar surface area (TPSA) is 35.6 Å². The summed E-state index contributed by atoms with van der Waals surface area (Å²) in [5.74, 6) is 0.252. The number of amides is 1. The minimum absolute atomic E-state index is 0.0959. The smallest absolute Gasteiger partial charge is 0.237 e. The van der Waals surface area contributed by atoms with Crippen molar-refractivity contribution >= 4 is 5.91 Å². The Kier molecular flexibility index (Phi) is 6.75. The number of hydrogen-bond donors (Lipinski definition) is 1. The van der Waals surface area contributed by atoms with Crippen LogP contribution in [0.1, 0.15) is 32.3 Å². The monoisotopic (exact) mass is 335 g/mol. The van der Waals surface area contributed by atoms with Crippen molar-refractivity contribution in [2.24, 2.45) is 5.92 Å². The molecule has 24 heavy (non-hydrogen) atoms. The Balaban J connectivity index is 1.82. The van der Waals surface area contributed by atoms with Crippen molar-refractivity contribution < 1.29 is 9.18 Å². The van der Waals surface area contributed by atoms with Crippen molar-refractivity contribution in [3.05, 3.63) is 35.6 Å². The van der Waals surface area contributed by atoms with Gasteiger partial charge in [-0.2, -0.15) is 0 Å². The molecule has 1 aliphatic heterocycles. The Bertz CT molecular complexity index is 531. The van der Waals surface area contributed by atoms with E-state index in [1.165, 1.54) is 6.07 Å². The van der Waals surface area contributed by atoms with Gasteiger partial charge < -0.3 is 5.32 Å². The molecule has 0 bridgehead atoms. The highest BCUT2D eigenvalue weighted by Crippen LogP contribution is 2.17. The average molecular weight is 335 g/mol. The van der Waals surface area contributed by atoms with E-state index >= 15 is 0 Å². The first-order valence-electron chi connectivity index (χ1n) is 8.81. The molecule has 5 heteroatoms. The third-order valence-electron chi connectivity index (χ3n) is 4.74. The maximum atomic E-state index is 13.7. The van der Waals surface area contributed by atoms with Crippen molar-refractivity contribution in [2.75, 3.05) is 27.2 Å². The van der Waals surface area contributed by atoms with Crippen LogP contribution in [0, 0.1) is 11.7 Å². The molecule has 0 saturated carbocycles. The fraction of sp³-hybridized carbons (Fsp3) is 0.632. The molecule has 1 N–H and O–H groups in total. The van der Waals surface area contributed by atoms with Gasteiger partial charge >= 0.3 is 0 Å². The van der Waals surface area contributed by atoms with Crippen molar-refractivity contribution in [1.82, 2.24) is 15.1 Å². The number of likely N-dealkylation sites (N-methyl/N-ethyl adjacent to an activating group) is 1. The molecule has 1 amide bonds. The maximum absolute atomic E-state index is 13.7. The first-order chi connectivity index (χ1) is 11.4. The number of piperidine rings is 1. The van der Waals surface area contributed by atoms with E-state index in [-0.39, 0.29) is 29.7 Å². The van der Waals surface area contributed by atoms with Crippen LogP contribution in [-0.4, -0.2) is 55.0 Å². The number of halogens is 1. The molecule has 1 aliphatic rings. The third kappa shape index (κ3) is 5.02. The number of carbonyl (C=O) groups is 1. The number of carbonyl (C=O) groups excluding carboxylic acids is 1. The predicted octanol–water partition coefficient (Wildman–Crippen LogP) is 2.49.